The minimum absolute atomic E-state index is 0.0696. The van der Waals surface area contributed by atoms with E-state index in [4.69, 9.17) is 0 Å². The summed E-state index contributed by atoms with van der Waals surface area (Å²) < 4.78 is 38.3. The monoisotopic (exact) mass is 326 g/mol. The zero-order valence-electron chi connectivity index (χ0n) is 12.4. The van der Waals surface area contributed by atoms with Crippen LogP contribution >= 0.6 is 0 Å². The number of amides is 1. The number of rotatable bonds is 5. The molecule has 0 aromatic heterocycles. The van der Waals surface area contributed by atoms with Crippen LogP contribution in [0.3, 0.4) is 0 Å². The molecule has 1 saturated heterocycles. The number of hydrogen-bond acceptors (Lipinski definition) is 3. The van der Waals surface area contributed by atoms with Crippen molar-refractivity contribution in [3.63, 3.8) is 0 Å². The highest BCUT2D eigenvalue weighted by molar-refractivity contribution is 7.92. The van der Waals surface area contributed by atoms with Crippen LogP contribution in [-0.4, -0.2) is 38.9 Å². The molecule has 0 radical (unpaired) electrons. The zero-order chi connectivity index (χ0) is 16.3. The number of benzene rings is 1. The van der Waals surface area contributed by atoms with Crippen molar-refractivity contribution in [1.82, 2.24) is 9.62 Å². The molecule has 0 bridgehead atoms. The summed E-state index contributed by atoms with van der Waals surface area (Å²) in [7, 11) is -3.44. The Morgan fingerprint density at radius 2 is 2.27 bits per heavy atom. The molecule has 0 unspecified atom stereocenters. The van der Waals surface area contributed by atoms with Gasteiger partial charge in [0.15, 0.2) is 0 Å². The second-order valence-electron chi connectivity index (χ2n) is 5.43. The van der Waals surface area contributed by atoms with Gasteiger partial charge in [0.2, 0.25) is 10.0 Å². The molecule has 5 nitrogen and oxygen atoms in total. The van der Waals surface area contributed by atoms with Crippen LogP contribution in [0.25, 0.3) is 0 Å². The molecule has 1 N–H and O–H groups in total. The summed E-state index contributed by atoms with van der Waals surface area (Å²) >= 11 is 0. The van der Waals surface area contributed by atoms with Gasteiger partial charge in [-0.3, -0.25) is 4.79 Å². The lowest BCUT2D eigenvalue weighted by Gasteiger charge is -2.17. The molecule has 0 spiro atoms. The minimum Gasteiger partial charge on any atom is -0.338 e. The number of sulfonamides is 1. The Morgan fingerprint density at radius 1 is 1.55 bits per heavy atom. The molecule has 2 rings (SSSR count). The first-order valence-corrected chi connectivity index (χ1v) is 8.54. The van der Waals surface area contributed by atoms with Crippen LogP contribution in [0.1, 0.15) is 22.3 Å². The first kappa shape index (κ1) is 16.6. The van der Waals surface area contributed by atoms with E-state index in [-0.39, 0.29) is 24.2 Å². The Labute approximate surface area is 129 Å². The van der Waals surface area contributed by atoms with E-state index in [1.807, 2.05) is 0 Å². The molecule has 1 fully saturated rings. The average Bonchev–Trinajstić information content (AvgIpc) is 2.96. The van der Waals surface area contributed by atoms with Crippen molar-refractivity contribution >= 4 is 15.9 Å². The first-order valence-electron chi connectivity index (χ1n) is 7.00. The molecule has 120 valence electrons. The molecule has 0 aliphatic carbocycles. The molecule has 1 aromatic carbocycles. The lowest BCUT2D eigenvalue weighted by atomic mass is 10.1. The molecule has 22 heavy (non-hydrogen) atoms. The molecule has 1 heterocycles. The van der Waals surface area contributed by atoms with Crippen molar-refractivity contribution < 1.29 is 17.6 Å². The quantitative estimate of drug-likeness (QED) is 0.895. The average molecular weight is 326 g/mol. The summed E-state index contributed by atoms with van der Waals surface area (Å²) in [5.41, 5.74) is 0.881. The molecular weight excluding hydrogens is 307 g/mol. The van der Waals surface area contributed by atoms with Gasteiger partial charge >= 0.3 is 0 Å². The van der Waals surface area contributed by atoms with Crippen LogP contribution in [0.5, 0.6) is 0 Å². The number of hydrogen-bond donors (Lipinski definition) is 1. The summed E-state index contributed by atoms with van der Waals surface area (Å²) in [6.07, 6.45) is 0.728. The van der Waals surface area contributed by atoms with E-state index >= 15 is 0 Å². The van der Waals surface area contributed by atoms with Crippen molar-refractivity contribution in [3.8, 4) is 0 Å². The van der Waals surface area contributed by atoms with Crippen molar-refractivity contribution in [3.05, 3.63) is 47.1 Å². The van der Waals surface area contributed by atoms with Crippen LogP contribution < -0.4 is 4.72 Å². The van der Waals surface area contributed by atoms with Crippen LogP contribution in [0.4, 0.5) is 4.39 Å². The van der Waals surface area contributed by atoms with Gasteiger partial charge in [-0.25, -0.2) is 17.5 Å². The molecule has 1 atom stereocenters. The third-order valence-corrected chi connectivity index (χ3v) is 4.78. The van der Waals surface area contributed by atoms with Gasteiger partial charge in [0.25, 0.3) is 5.91 Å². The predicted molar refractivity (Wildman–Crippen MR) is 82.3 cm³/mol. The summed E-state index contributed by atoms with van der Waals surface area (Å²) in [5, 5.41) is 0.867. The number of carbonyl (C=O) groups is 1. The maximum atomic E-state index is 13.2. The van der Waals surface area contributed by atoms with Crippen molar-refractivity contribution in [2.24, 2.45) is 5.92 Å². The van der Waals surface area contributed by atoms with E-state index in [0.717, 1.165) is 11.8 Å². The Morgan fingerprint density at radius 3 is 2.91 bits per heavy atom. The SMILES string of the molecule is C=CS(=O)(=O)NC[C@H]1CCN(C(=O)c2ccc(F)c(C)c2)C1. The van der Waals surface area contributed by atoms with Gasteiger partial charge < -0.3 is 4.90 Å². The normalized spacial score (nSPS) is 18.5. The van der Waals surface area contributed by atoms with Crippen LogP contribution in [0.15, 0.2) is 30.2 Å². The van der Waals surface area contributed by atoms with E-state index in [2.05, 4.69) is 11.3 Å². The van der Waals surface area contributed by atoms with E-state index in [0.29, 0.717) is 24.2 Å². The van der Waals surface area contributed by atoms with E-state index < -0.39 is 10.0 Å². The Kier molecular flexibility index (Phi) is 4.97. The lowest BCUT2D eigenvalue weighted by molar-refractivity contribution is 0.0787. The predicted octanol–water partition coefficient (Wildman–Crippen LogP) is 1.66. The third kappa shape index (κ3) is 3.92. The standard InChI is InChI=1S/C15H19FN2O3S/c1-3-22(20,21)17-9-12-6-7-18(10-12)15(19)13-4-5-14(16)11(2)8-13/h3-5,8,12,17H,1,6-7,9-10H2,2H3/t12-/m1/s1. The topological polar surface area (TPSA) is 66.5 Å². The Hall–Kier alpha value is -1.73. The zero-order valence-corrected chi connectivity index (χ0v) is 13.2. The Balaban J connectivity index is 1.96. The number of nitrogens with zero attached hydrogens (tertiary/aromatic N) is 1. The number of nitrogens with one attached hydrogen (secondary N) is 1. The molecule has 0 saturated carbocycles. The van der Waals surface area contributed by atoms with E-state index in [9.17, 15) is 17.6 Å². The lowest BCUT2D eigenvalue weighted by Crippen LogP contribution is -2.32. The van der Waals surface area contributed by atoms with Crippen molar-refractivity contribution in [1.29, 1.82) is 0 Å². The fraction of sp³-hybridized carbons (Fsp3) is 0.400. The largest absolute Gasteiger partial charge is 0.338 e. The van der Waals surface area contributed by atoms with Gasteiger partial charge in [0.05, 0.1) is 0 Å². The van der Waals surface area contributed by atoms with Crippen LogP contribution in [-0.2, 0) is 10.0 Å². The second kappa shape index (κ2) is 6.58. The second-order valence-corrected chi connectivity index (χ2v) is 7.14. The fourth-order valence-electron chi connectivity index (χ4n) is 2.44. The highest BCUT2D eigenvalue weighted by Gasteiger charge is 2.27. The summed E-state index contributed by atoms with van der Waals surface area (Å²) in [5.74, 6) is -0.424. The highest BCUT2D eigenvalue weighted by atomic mass is 32.2. The van der Waals surface area contributed by atoms with Crippen LogP contribution in [0.2, 0.25) is 0 Å². The molecule has 7 heteroatoms. The first-order chi connectivity index (χ1) is 10.3. The number of halogens is 1. The summed E-state index contributed by atoms with van der Waals surface area (Å²) in [6, 6.07) is 4.29. The maximum Gasteiger partial charge on any atom is 0.253 e. The maximum absolute atomic E-state index is 13.2. The molecule has 1 aliphatic rings. The smallest absolute Gasteiger partial charge is 0.253 e. The Bertz CT molecular complexity index is 688. The van der Waals surface area contributed by atoms with Crippen LogP contribution in [0, 0.1) is 18.7 Å². The molecular formula is C15H19FN2O3S. The fourth-order valence-corrected chi connectivity index (χ4v) is 3.02. The summed E-state index contributed by atoms with van der Waals surface area (Å²) in [6.45, 7) is 6.17. The minimum atomic E-state index is -3.44. The molecule has 1 aromatic rings. The highest BCUT2D eigenvalue weighted by Crippen LogP contribution is 2.19. The van der Waals surface area contributed by atoms with Gasteiger partial charge in [-0.1, -0.05) is 6.58 Å². The third-order valence-electron chi connectivity index (χ3n) is 3.77. The van der Waals surface area contributed by atoms with Gasteiger partial charge in [-0.15, -0.1) is 0 Å². The molecule has 1 aliphatic heterocycles. The van der Waals surface area contributed by atoms with Gasteiger partial charge in [0, 0.05) is 30.6 Å². The van der Waals surface area contributed by atoms with Gasteiger partial charge in [0.1, 0.15) is 5.82 Å². The number of carbonyl (C=O) groups excluding carboxylic acids is 1. The van der Waals surface area contributed by atoms with E-state index in [1.165, 1.54) is 18.2 Å². The van der Waals surface area contributed by atoms with Crippen molar-refractivity contribution in [2.45, 2.75) is 13.3 Å². The molecule has 1 amide bonds. The van der Waals surface area contributed by atoms with E-state index in [1.54, 1.807) is 11.8 Å². The van der Waals surface area contributed by atoms with Gasteiger partial charge in [-0.05, 0) is 43.0 Å². The number of aryl methyl sites for hydroxylation is 1. The van der Waals surface area contributed by atoms with Gasteiger partial charge in [-0.2, -0.15) is 0 Å². The number of likely N-dealkylation sites (tertiary alicyclic amines) is 1. The summed E-state index contributed by atoms with van der Waals surface area (Å²) in [4.78, 5) is 14.0. The van der Waals surface area contributed by atoms with Crippen molar-refractivity contribution in [2.75, 3.05) is 19.6 Å².